The Morgan fingerprint density at radius 1 is 1.17 bits per heavy atom. The molecule has 1 aliphatic rings. The third-order valence-corrected chi connectivity index (χ3v) is 8.32. The highest BCUT2D eigenvalue weighted by Gasteiger charge is 2.27. The Kier molecular flexibility index (Phi) is 7.56. The predicted octanol–water partition coefficient (Wildman–Crippen LogP) is 2.76. The maximum absolute atomic E-state index is 13.1. The van der Waals surface area contributed by atoms with Crippen molar-refractivity contribution in [2.24, 2.45) is 0 Å². The quantitative estimate of drug-likeness (QED) is 0.512. The van der Waals surface area contributed by atoms with Gasteiger partial charge in [-0.1, -0.05) is 12.1 Å². The van der Waals surface area contributed by atoms with E-state index in [0.29, 0.717) is 44.9 Å². The number of aryl methyl sites for hydroxylation is 2. The first-order chi connectivity index (χ1) is 16.7. The van der Waals surface area contributed by atoms with E-state index in [1.54, 1.807) is 12.1 Å². The number of aromatic nitrogens is 2. The van der Waals surface area contributed by atoms with Gasteiger partial charge in [-0.15, -0.1) is 0 Å². The molecule has 35 heavy (non-hydrogen) atoms. The molecule has 1 aromatic heterocycles. The summed E-state index contributed by atoms with van der Waals surface area (Å²) in [7, 11) is -1.73. The topological polar surface area (TPSA) is 96.8 Å². The van der Waals surface area contributed by atoms with Crippen molar-refractivity contribution in [2.75, 3.05) is 45.2 Å². The van der Waals surface area contributed by atoms with E-state index >= 15 is 0 Å². The molecule has 1 amide bonds. The number of hydrogen-bond donors (Lipinski definition) is 1. The van der Waals surface area contributed by atoms with Crippen LogP contribution in [0, 0.1) is 13.8 Å². The second-order valence-electron chi connectivity index (χ2n) is 8.91. The number of anilines is 1. The summed E-state index contributed by atoms with van der Waals surface area (Å²) in [5, 5.41) is 2.99. The van der Waals surface area contributed by atoms with E-state index in [1.165, 1.54) is 4.31 Å². The van der Waals surface area contributed by atoms with Gasteiger partial charge in [0, 0.05) is 25.3 Å². The van der Waals surface area contributed by atoms with Crippen LogP contribution in [0.2, 0.25) is 0 Å². The fraction of sp³-hybridized carbons (Fsp3) is 0.440. The maximum Gasteiger partial charge on any atom is 0.243 e. The van der Waals surface area contributed by atoms with Crippen molar-refractivity contribution in [3.8, 4) is 0 Å². The average Bonchev–Trinajstić information content (AvgIpc) is 3.18. The van der Waals surface area contributed by atoms with E-state index in [4.69, 9.17) is 9.72 Å². The minimum atomic E-state index is -3.60. The van der Waals surface area contributed by atoms with Crippen LogP contribution >= 0.6 is 0 Å². The zero-order valence-corrected chi connectivity index (χ0v) is 21.6. The second kappa shape index (κ2) is 10.4. The second-order valence-corrected chi connectivity index (χ2v) is 10.8. The van der Waals surface area contributed by atoms with Gasteiger partial charge < -0.3 is 14.6 Å². The van der Waals surface area contributed by atoms with Crippen molar-refractivity contribution in [1.82, 2.24) is 18.8 Å². The van der Waals surface area contributed by atoms with Gasteiger partial charge in [-0.3, -0.25) is 9.69 Å². The molecular weight excluding hydrogens is 466 g/mol. The third kappa shape index (κ3) is 5.40. The highest BCUT2D eigenvalue weighted by Crippen LogP contribution is 2.24. The molecule has 4 rings (SSSR count). The molecule has 0 bridgehead atoms. The van der Waals surface area contributed by atoms with Gasteiger partial charge in [0.25, 0.3) is 0 Å². The molecule has 9 nitrogen and oxygen atoms in total. The van der Waals surface area contributed by atoms with Crippen LogP contribution in [0.15, 0.2) is 41.3 Å². The highest BCUT2D eigenvalue weighted by molar-refractivity contribution is 7.89. The van der Waals surface area contributed by atoms with Gasteiger partial charge in [-0.05, 0) is 63.2 Å². The monoisotopic (exact) mass is 499 g/mol. The van der Waals surface area contributed by atoms with Crippen LogP contribution in [0.3, 0.4) is 0 Å². The van der Waals surface area contributed by atoms with Crippen LogP contribution in [-0.2, 0) is 32.6 Å². The molecule has 0 saturated carbocycles. The summed E-state index contributed by atoms with van der Waals surface area (Å²) in [6.07, 6.45) is 0. The zero-order chi connectivity index (χ0) is 25.2. The largest absolute Gasteiger partial charge is 0.379 e. The molecule has 188 valence electrons. The molecule has 1 saturated heterocycles. The fourth-order valence-electron chi connectivity index (χ4n) is 4.35. The van der Waals surface area contributed by atoms with Gasteiger partial charge in [-0.2, -0.15) is 4.31 Å². The van der Waals surface area contributed by atoms with Gasteiger partial charge in [0.2, 0.25) is 15.9 Å². The lowest BCUT2D eigenvalue weighted by atomic mass is 10.1. The Bertz CT molecular complexity index is 1330. The first-order valence-electron chi connectivity index (χ1n) is 11.8. The average molecular weight is 500 g/mol. The molecule has 2 heterocycles. The van der Waals surface area contributed by atoms with Gasteiger partial charge >= 0.3 is 0 Å². The van der Waals surface area contributed by atoms with E-state index in [2.05, 4.69) is 9.88 Å². The van der Waals surface area contributed by atoms with Gasteiger partial charge in [-0.25, -0.2) is 13.4 Å². The van der Waals surface area contributed by atoms with Crippen LogP contribution in [-0.4, -0.2) is 73.0 Å². The summed E-state index contributed by atoms with van der Waals surface area (Å²) in [6.45, 7) is 8.88. The SMILES string of the molecule is CCn1c(CN(C)CC(=O)Nc2cccc(C)c2C)nc2cc(S(=O)(=O)N3CCOCC3)ccc21. The molecule has 0 aliphatic carbocycles. The van der Waals surface area contributed by atoms with E-state index in [1.807, 2.05) is 57.0 Å². The molecule has 2 aromatic carbocycles. The Morgan fingerprint density at radius 2 is 1.91 bits per heavy atom. The molecular formula is C25H33N5O4S. The number of imidazole rings is 1. The number of nitrogens with zero attached hydrogens (tertiary/aromatic N) is 4. The minimum Gasteiger partial charge on any atom is -0.379 e. The normalized spacial score (nSPS) is 15.1. The smallest absolute Gasteiger partial charge is 0.243 e. The third-order valence-electron chi connectivity index (χ3n) is 6.43. The number of carbonyl (C=O) groups excluding carboxylic acids is 1. The number of hydrogen-bond acceptors (Lipinski definition) is 6. The number of rotatable bonds is 8. The lowest BCUT2D eigenvalue weighted by molar-refractivity contribution is -0.117. The van der Waals surface area contributed by atoms with E-state index in [9.17, 15) is 13.2 Å². The first kappa shape index (κ1) is 25.3. The minimum absolute atomic E-state index is 0.0979. The maximum atomic E-state index is 13.1. The van der Waals surface area contributed by atoms with E-state index < -0.39 is 10.0 Å². The Labute approximate surface area is 206 Å². The Morgan fingerprint density at radius 3 is 2.63 bits per heavy atom. The number of fused-ring (bicyclic) bond motifs is 1. The summed E-state index contributed by atoms with van der Waals surface area (Å²) in [5.74, 6) is 0.685. The molecule has 1 fully saturated rings. The van der Waals surface area contributed by atoms with Crippen molar-refractivity contribution >= 4 is 32.7 Å². The highest BCUT2D eigenvalue weighted by atomic mass is 32.2. The summed E-state index contributed by atoms with van der Waals surface area (Å²) in [5.41, 5.74) is 4.50. The summed E-state index contributed by atoms with van der Waals surface area (Å²) in [4.78, 5) is 19.5. The Balaban J connectivity index is 1.50. The van der Waals surface area contributed by atoms with Crippen molar-refractivity contribution in [3.63, 3.8) is 0 Å². The number of amides is 1. The number of benzene rings is 2. The number of sulfonamides is 1. The van der Waals surface area contributed by atoms with Crippen LogP contribution in [0.5, 0.6) is 0 Å². The number of nitrogens with one attached hydrogen (secondary N) is 1. The van der Waals surface area contributed by atoms with Gasteiger partial charge in [0.05, 0.1) is 42.2 Å². The number of likely N-dealkylation sites (N-methyl/N-ethyl adjacent to an activating group) is 1. The van der Waals surface area contributed by atoms with Crippen molar-refractivity contribution in [2.45, 2.75) is 38.8 Å². The van der Waals surface area contributed by atoms with Crippen LogP contribution < -0.4 is 5.32 Å². The predicted molar refractivity (Wildman–Crippen MR) is 136 cm³/mol. The summed E-state index contributed by atoms with van der Waals surface area (Å²) in [6, 6.07) is 11.0. The molecule has 3 aromatic rings. The fourth-order valence-corrected chi connectivity index (χ4v) is 5.78. The number of carbonyl (C=O) groups is 1. The summed E-state index contributed by atoms with van der Waals surface area (Å²) >= 11 is 0. The lowest BCUT2D eigenvalue weighted by Crippen LogP contribution is -2.40. The Hall–Kier alpha value is -2.79. The molecule has 1 aliphatic heterocycles. The molecule has 0 atom stereocenters. The number of ether oxygens (including phenoxy) is 1. The van der Waals surface area contributed by atoms with Crippen molar-refractivity contribution in [3.05, 3.63) is 53.3 Å². The van der Waals surface area contributed by atoms with E-state index in [-0.39, 0.29) is 17.3 Å². The standard InChI is InChI=1S/C25H33N5O4S/c1-5-30-23-10-9-20(35(32,33)29-11-13-34-14-12-29)15-22(23)26-24(30)16-28(4)17-25(31)27-21-8-6-7-18(2)19(21)3/h6-10,15H,5,11-14,16-17H2,1-4H3,(H,27,31). The summed E-state index contributed by atoms with van der Waals surface area (Å²) < 4.78 is 34.9. The van der Waals surface area contributed by atoms with Crippen LogP contribution in [0.4, 0.5) is 5.69 Å². The lowest BCUT2D eigenvalue weighted by Gasteiger charge is -2.26. The van der Waals surface area contributed by atoms with E-state index in [0.717, 1.165) is 28.2 Å². The van der Waals surface area contributed by atoms with Crippen molar-refractivity contribution < 1.29 is 17.9 Å². The number of morpholine rings is 1. The van der Waals surface area contributed by atoms with Gasteiger partial charge in [0.1, 0.15) is 5.82 Å². The molecule has 0 spiro atoms. The van der Waals surface area contributed by atoms with Crippen LogP contribution in [0.25, 0.3) is 11.0 Å². The molecule has 1 N–H and O–H groups in total. The molecule has 0 unspecified atom stereocenters. The molecule has 0 radical (unpaired) electrons. The van der Waals surface area contributed by atoms with Crippen molar-refractivity contribution in [1.29, 1.82) is 0 Å². The first-order valence-corrected chi connectivity index (χ1v) is 13.3. The zero-order valence-electron chi connectivity index (χ0n) is 20.7. The molecule has 10 heteroatoms. The van der Waals surface area contributed by atoms with Crippen LogP contribution in [0.1, 0.15) is 23.9 Å². The van der Waals surface area contributed by atoms with Gasteiger partial charge in [0.15, 0.2) is 0 Å².